The summed E-state index contributed by atoms with van der Waals surface area (Å²) in [5, 5.41) is 3.88. The topological polar surface area (TPSA) is 48.5 Å². The molecule has 3 rings (SSSR count). The van der Waals surface area contributed by atoms with Gasteiger partial charge < -0.3 is 15.1 Å². The number of pyridine rings is 1. The van der Waals surface area contributed by atoms with Gasteiger partial charge in [0.1, 0.15) is 5.82 Å². The van der Waals surface area contributed by atoms with E-state index < -0.39 is 0 Å². The molecule has 0 bridgehead atoms. The molecule has 0 aliphatic carbocycles. The summed E-state index contributed by atoms with van der Waals surface area (Å²) in [5.74, 6) is 0.215. The van der Waals surface area contributed by atoms with Crippen LogP contribution >= 0.6 is 23.2 Å². The van der Waals surface area contributed by atoms with Gasteiger partial charge in [0.05, 0.1) is 10.6 Å². The summed E-state index contributed by atoms with van der Waals surface area (Å²) in [6, 6.07) is 9.77. The Morgan fingerprint density at radius 2 is 1.86 bits per heavy atom. The van der Waals surface area contributed by atoms with Gasteiger partial charge in [-0.3, -0.25) is 4.79 Å². The highest BCUT2D eigenvalue weighted by Gasteiger charge is 2.26. The van der Waals surface area contributed by atoms with Gasteiger partial charge in [-0.25, -0.2) is 4.98 Å². The maximum atomic E-state index is 12.9. The molecule has 1 aromatic carbocycles. The minimum atomic E-state index is -0.237. The Balaban J connectivity index is 1.78. The van der Waals surface area contributed by atoms with Crippen LogP contribution in [-0.2, 0) is 0 Å². The predicted molar refractivity (Wildman–Crippen MR) is 117 cm³/mol. The Morgan fingerprint density at radius 3 is 2.46 bits per heavy atom. The SMILES string of the molecule is CC(C)N1CCC(N(C)c2ccc(Cl)cc2C(=O)Nc2ccc(Cl)cn2)CC1. The first-order valence-electron chi connectivity index (χ1n) is 9.54. The summed E-state index contributed by atoms with van der Waals surface area (Å²) in [6.45, 7) is 6.60. The van der Waals surface area contributed by atoms with Crippen molar-refractivity contribution in [1.82, 2.24) is 9.88 Å². The van der Waals surface area contributed by atoms with Gasteiger partial charge in [-0.15, -0.1) is 0 Å². The molecule has 2 aromatic rings. The minimum absolute atomic E-state index is 0.237. The summed E-state index contributed by atoms with van der Waals surface area (Å²) < 4.78 is 0. The van der Waals surface area contributed by atoms with Crippen molar-refractivity contribution in [3.8, 4) is 0 Å². The van der Waals surface area contributed by atoms with Crippen molar-refractivity contribution in [2.45, 2.75) is 38.8 Å². The van der Waals surface area contributed by atoms with Crippen LogP contribution in [0.25, 0.3) is 0 Å². The lowest BCUT2D eigenvalue weighted by Gasteiger charge is -2.39. The van der Waals surface area contributed by atoms with Crippen LogP contribution in [0.15, 0.2) is 36.5 Å². The van der Waals surface area contributed by atoms with Crippen molar-refractivity contribution in [2.75, 3.05) is 30.4 Å². The lowest BCUT2D eigenvalue weighted by Crippen LogP contribution is -2.46. The van der Waals surface area contributed by atoms with E-state index in [1.54, 1.807) is 18.2 Å². The van der Waals surface area contributed by atoms with Gasteiger partial charge >= 0.3 is 0 Å². The van der Waals surface area contributed by atoms with Crippen molar-refractivity contribution in [3.63, 3.8) is 0 Å². The van der Waals surface area contributed by atoms with E-state index in [4.69, 9.17) is 23.2 Å². The largest absolute Gasteiger partial charge is 0.371 e. The number of piperidine rings is 1. The maximum absolute atomic E-state index is 12.9. The Bertz CT molecular complexity index is 818. The fraction of sp³-hybridized carbons (Fsp3) is 0.429. The number of aromatic nitrogens is 1. The fourth-order valence-corrected chi connectivity index (χ4v) is 3.90. The zero-order chi connectivity index (χ0) is 20.3. The van der Waals surface area contributed by atoms with Gasteiger partial charge in [-0.2, -0.15) is 0 Å². The predicted octanol–water partition coefficient (Wildman–Crippen LogP) is 4.95. The normalized spacial score (nSPS) is 15.6. The highest BCUT2D eigenvalue weighted by atomic mass is 35.5. The van der Waals surface area contributed by atoms with Crippen LogP contribution in [0.1, 0.15) is 37.0 Å². The smallest absolute Gasteiger partial charge is 0.258 e. The number of benzene rings is 1. The van der Waals surface area contributed by atoms with Crippen LogP contribution in [0.2, 0.25) is 10.0 Å². The van der Waals surface area contributed by atoms with Crippen molar-refractivity contribution in [1.29, 1.82) is 0 Å². The summed E-state index contributed by atoms with van der Waals surface area (Å²) in [6.07, 6.45) is 3.64. The van der Waals surface area contributed by atoms with Crippen LogP contribution in [0.4, 0.5) is 11.5 Å². The quantitative estimate of drug-likeness (QED) is 0.742. The standard InChI is InChI=1S/C21H26Cl2N4O/c1-14(2)27-10-8-17(9-11-27)26(3)19-6-4-15(22)12-18(19)21(28)25-20-7-5-16(23)13-24-20/h4-7,12-14,17H,8-11H2,1-3H3,(H,24,25,28). The molecule has 0 radical (unpaired) electrons. The van der Waals surface area contributed by atoms with Crippen molar-refractivity contribution in [2.24, 2.45) is 0 Å². The lowest BCUT2D eigenvalue weighted by molar-refractivity contribution is 0.102. The number of nitrogens with one attached hydrogen (secondary N) is 1. The number of anilines is 2. The van der Waals surface area contributed by atoms with E-state index in [1.807, 2.05) is 12.1 Å². The van der Waals surface area contributed by atoms with Gasteiger partial charge in [0, 0.05) is 49.1 Å². The van der Waals surface area contributed by atoms with Gasteiger partial charge in [-0.1, -0.05) is 23.2 Å². The summed E-state index contributed by atoms with van der Waals surface area (Å²) in [4.78, 5) is 21.8. The number of carbonyl (C=O) groups is 1. The molecule has 5 nitrogen and oxygen atoms in total. The second kappa shape index (κ2) is 9.12. The third kappa shape index (κ3) is 4.96. The van der Waals surface area contributed by atoms with E-state index in [0.717, 1.165) is 31.6 Å². The van der Waals surface area contributed by atoms with E-state index >= 15 is 0 Å². The number of carbonyl (C=O) groups excluding carboxylic acids is 1. The molecule has 7 heteroatoms. The molecule has 28 heavy (non-hydrogen) atoms. The number of halogens is 2. The summed E-state index contributed by atoms with van der Waals surface area (Å²) in [5.41, 5.74) is 1.41. The van der Waals surface area contributed by atoms with E-state index in [9.17, 15) is 4.79 Å². The number of amides is 1. The molecule has 0 unspecified atom stereocenters. The third-order valence-corrected chi connectivity index (χ3v) is 5.79. The molecule has 1 aliphatic rings. The zero-order valence-corrected chi connectivity index (χ0v) is 18.0. The van der Waals surface area contributed by atoms with E-state index in [0.29, 0.717) is 33.5 Å². The molecule has 1 aliphatic heterocycles. The molecule has 150 valence electrons. The Labute approximate surface area is 176 Å². The van der Waals surface area contributed by atoms with E-state index in [1.165, 1.54) is 6.20 Å². The van der Waals surface area contributed by atoms with Gasteiger partial charge in [0.15, 0.2) is 0 Å². The van der Waals surface area contributed by atoms with Crippen LogP contribution in [-0.4, -0.2) is 48.0 Å². The number of hydrogen-bond acceptors (Lipinski definition) is 4. The molecule has 1 fully saturated rings. The molecule has 1 N–H and O–H groups in total. The molecule has 2 heterocycles. The first-order chi connectivity index (χ1) is 13.3. The molecular weight excluding hydrogens is 395 g/mol. The maximum Gasteiger partial charge on any atom is 0.258 e. The first kappa shape index (κ1) is 20.9. The van der Waals surface area contributed by atoms with Gasteiger partial charge in [0.25, 0.3) is 5.91 Å². The molecule has 0 spiro atoms. The first-order valence-corrected chi connectivity index (χ1v) is 10.3. The average Bonchev–Trinajstić information content (AvgIpc) is 2.69. The molecule has 1 amide bonds. The van der Waals surface area contributed by atoms with E-state index in [2.05, 4.69) is 41.0 Å². The zero-order valence-electron chi connectivity index (χ0n) is 16.5. The minimum Gasteiger partial charge on any atom is -0.371 e. The number of hydrogen-bond donors (Lipinski definition) is 1. The monoisotopic (exact) mass is 420 g/mol. The molecular formula is C21H26Cl2N4O. The highest BCUT2D eigenvalue weighted by molar-refractivity contribution is 6.31. The van der Waals surface area contributed by atoms with Crippen LogP contribution in [0.5, 0.6) is 0 Å². The van der Waals surface area contributed by atoms with Gasteiger partial charge in [0.2, 0.25) is 0 Å². The Morgan fingerprint density at radius 1 is 1.18 bits per heavy atom. The summed E-state index contributed by atoms with van der Waals surface area (Å²) in [7, 11) is 2.05. The van der Waals surface area contributed by atoms with Crippen LogP contribution in [0, 0.1) is 0 Å². The second-order valence-corrected chi connectivity index (χ2v) is 8.32. The molecule has 1 saturated heterocycles. The van der Waals surface area contributed by atoms with Crippen molar-refractivity contribution < 1.29 is 4.79 Å². The summed E-state index contributed by atoms with van der Waals surface area (Å²) >= 11 is 12.1. The van der Waals surface area contributed by atoms with Crippen LogP contribution < -0.4 is 10.2 Å². The van der Waals surface area contributed by atoms with E-state index in [-0.39, 0.29) is 5.91 Å². The molecule has 0 saturated carbocycles. The molecule has 0 atom stereocenters. The van der Waals surface area contributed by atoms with Crippen LogP contribution in [0.3, 0.4) is 0 Å². The third-order valence-electron chi connectivity index (χ3n) is 5.33. The number of nitrogens with zero attached hydrogens (tertiary/aromatic N) is 3. The Hall–Kier alpha value is -1.82. The lowest BCUT2D eigenvalue weighted by atomic mass is 10.0. The highest BCUT2D eigenvalue weighted by Crippen LogP contribution is 2.29. The molecule has 1 aromatic heterocycles. The van der Waals surface area contributed by atoms with Gasteiger partial charge in [-0.05, 0) is 57.0 Å². The Kier molecular flexibility index (Phi) is 6.81. The number of rotatable bonds is 5. The fourth-order valence-electron chi connectivity index (χ4n) is 3.62. The average molecular weight is 421 g/mol. The van der Waals surface area contributed by atoms with Crippen molar-refractivity contribution in [3.05, 3.63) is 52.1 Å². The number of likely N-dealkylation sites (tertiary alicyclic amines) is 1. The van der Waals surface area contributed by atoms with Crippen molar-refractivity contribution >= 4 is 40.6 Å². The second-order valence-electron chi connectivity index (χ2n) is 7.45.